The molecule has 38 heavy (non-hydrogen) atoms. The van der Waals surface area contributed by atoms with Gasteiger partial charge in [0.1, 0.15) is 11.6 Å². The Morgan fingerprint density at radius 2 is 1.58 bits per heavy atom. The first kappa shape index (κ1) is 31.2. The van der Waals surface area contributed by atoms with Crippen LogP contribution in [-0.2, 0) is 6.42 Å². The first-order chi connectivity index (χ1) is 18.3. The van der Waals surface area contributed by atoms with Crippen molar-refractivity contribution >= 4 is 16.7 Å². The molecular weight excluding hydrogens is 476 g/mol. The van der Waals surface area contributed by atoms with Crippen LogP contribution in [0.15, 0.2) is 36.4 Å². The fourth-order valence-corrected chi connectivity index (χ4v) is 4.68. The lowest BCUT2D eigenvalue weighted by molar-refractivity contribution is 0.282. The number of benzene rings is 2. The Labute approximate surface area is 229 Å². The molecule has 0 bridgehead atoms. The summed E-state index contributed by atoms with van der Waals surface area (Å²) in [6.07, 6.45) is 6.36. The third-order valence-electron chi connectivity index (χ3n) is 6.82. The standard InChI is InChI=1S/C18H29NO3.C11H13N3.C2H6/c1-13-4-6-14(7-5-13)12-19-9-8-15-10-16(21-2)18(20)17(11-15)22-3;1-8-12-10-7-5-4-6-9(10)11(13-8)14(2)3;1-2/h10-11,13-14,19-20H,4-9,12H2,1-3H3;4-7H,1-3H3;1-2H3. The summed E-state index contributed by atoms with van der Waals surface area (Å²) >= 11 is 0. The fourth-order valence-electron chi connectivity index (χ4n) is 4.68. The molecule has 0 spiro atoms. The second-order valence-electron chi connectivity index (χ2n) is 9.93. The zero-order valence-corrected chi connectivity index (χ0v) is 24.7. The van der Waals surface area contributed by atoms with Crippen LogP contribution in [0.25, 0.3) is 10.9 Å². The Balaban J connectivity index is 0.000000272. The van der Waals surface area contributed by atoms with Crippen molar-refractivity contribution in [3.63, 3.8) is 0 Å². The molecule has 1 aliphatic rings. The number of methoxy groups -OCH3 is 2. The highest BCUT2D eigenvalue weighted by Crippen LogP contribution is 2.37. The van der Waals surface area contributed by atoms with Gasteiger partial charge in [0.15, 0.2) is 11.5 Å². The zero-order valence-electron chi connectivity index (χ0n) is 24.7. The summed E-state index contributed by atoms with van der Waals surface area (Å²) < 4.78 is 10.4. The maximum atomic E-state index is 9.91. The number of anilines is 1. The molecule has 7 nitrogen and oxygen atoms in total. The third kappa shape index (κ3) is 9.05. The van der Waals surface area contributed by atoms with Crippen molar-refractivity contribution in [2.24, 2.45) is 11.8 Å². The summed E-state index contributed by atoms with van der Waals surface area (Å²) in [6, 6.07) is 11.8. The first-order valence-electron chi connectivity index (χ1n) is 13.9. The quantitative estimate of drug-likeness (QED) is 0.330. The summed E-state index contributed by atoms with van der Waals surface area (Å²) in [5, 5.41) is 14.6. The van der Waals surface area contributed by atoms with Crippen LogP contribution in [0.3, 0.4) is 0 Å². The molecule has 1 heterocycles. The minimum Gasteiger partial charge on any atom is -0.502 e. The molecular formula is C31H48N4O3. The van der Waals surface area contributed by atoms with Crippen LogP contribution in [0.4, 0.5) is 5.82 Å². The lowest BCUT2D eigenvalue weighted by Crippen LogP contribution is -2.27. The van der Waals surface area contributed by atoms with Crippen molar-refractivity contribution in [2.75, 3.05) is 46.3 Å². The number of ether oxygens (including phenoxy) is 2. The van der Waals surface area contributed by atoms with E-state index < -0.39 is 0 Å². The van der Waals surface area contributed by atoms with E-state index in [0.717, 1.165) is 59.5 Å². The van der Waals surface area contributed by atoms with Crippen LogP contribution in [0, 0.1) is 18.8 Å². The molecule has 210 valence electrons. The van der Waals surface area contributed by atoms with Crippen molar-refractivity contribution in [3.8, 4) is 17.2 Å². The number of phenolic OH excluding ortho intramolecular Hbond substituents is 1. The van der Waals surface area contributed by atoms with Crippen LogP contribution in [0.2, 0.25) is 0 Å². The van der Waals surface area contributed by atoms with Gasteiger partial charge in [-0.1, -0.05) is 45.7 Å². The number of fused-ring (bicyclic) bond motifs is 1. The molecule has 1 saturated carbocycles. The molecule has 7 heteroatoms. The smallest absolute Gasteiger partial charge is 0.200 e. The predicted octanol–water partition coefficient (Wildman–Crippen LogP) is 6.40. The summed E-state index contributed by atoms with van der Waals surface area (Å²) in [5.41, 5.74) is 2.11. The molecule has 0 amide bonds. The van der Waals surface area contributed by atoms with E-state index >= 15 is 0 Å². The maximum Gasteiger partial charge on any atom is 0.200 e. The van der Waals surface area contributed by atoms with Gasteiger partial charge in [0.25, 0.3) is 0 Å². The van der Waals surface area contributed by atoms with Crippen LogP contribution >= 0.6 is 0 Å². The average Bonchev–Trinajstić information content (AvgIpc) is 2.93. The topological polar surface area (TPSA) is 79.7 Å². The van der Waals surface area contributed by atoms with Gasteiger partial charge >= 0.3 is 0 Å². The van der Waals surface area contributed by atoms with Crippen molar-refractivity contribution in [1.82, 2.24) is 15.3 Å². The Morgan fingerprint density at radius 1 is 0.974 bits per heavy atom. The number of para-hydroxylation sites is 1. The van der Waals surface area contributed by atoms with Gasteiger partial charge in [-0.15, -0.1) is 0 Å². The number of phenols is 1. The molecule has 0 aliphatic heterocycles. The second-order valence-corrected chi connectivity index (χ2v) is 9.93. The van der Waals surface area contributed by atoms with Gasteiger partial charge in [-0.05, 0) is 80.9 Å². The van der Waals surface area contributed by atoms with E-state index in [1.54, 1.807) is 14.2 Å². The lowest BCUT2D eigenvalue weighted by Gasteiger charge is -2.26. The van der Waals surface area contributed by atoms with Gasteiger partial charge in [-0.25, -0.2) is 9.97 Å². The van der Waals surface area contributed by atoms with Crippen molar-refractivity contribution in [3.05, 3.63) is 47.8 Å². The van der Waals surface area contributed by atoms with E-state index in [1.165, 1.54) is 25.7 Å². The van der Waals surface area contributed by atoms with Crippen molar-refractivity contribution < 1.29 is 14.6 Å². The molecule has 1 fully saturated rings. The number of hydrogen-bond acceptors (Lipinski definition) is 7. The number of aryl methyl sites for hydroxylation is 1. The largest absolute Gasteiger partial charge is 0.502 e. The van der Waals surface area contributed by atoms with Crippen molar-refractivity contribution in [2.45, 2.75) is 59.8 Å². The Hall–Kier alpha value is -3.06. The van der Waals surface area contributed by atoms with Gasteiger partial charge < -0.3 is 24.8 Å². The first-order valence-corrected chi connectivity index (χ1v) is 13.9. The second kappa shape index (κ2) is 16.0. The predicted molar refractivity (Wildman–Crippen MR) is 159 cm³/mol. The summed E-state index contributed by atoms with van der Waals surface area (Å²) in [5.74, 6) is 4.54. The van der Waals surface area contributed by atoms with E-state index in [2.05, 4.69) is 22.2 Å². The molecule has 0 unspecified atom stereocenters. The van der Waals surface area contributed by atoms with Gasteiger partial charge in [-0.2, -0.15) is 0 Å². The average molecular weight is 525 g/mol. The number of rotatable bonds is 8. The zero-order chi connectivity index (χ0) is 28.1. The van der Waals surface area contributed by atoms with Crippen molar-refractivity contribution in [1.29, 1.82) is 0 Å². The van der Waals surface area contributed by atoms with E-state index in [9.17, 15) is 5.11 Å². The Morgan fingerprint density at radius 3 is 2.16 bits per heavy atom. The molecule has 1 aromatic heterocycles. The fraction of sp³-hybridized carbons (Fsp3) is 0.548. The highest BCUT2D eigenvalue weighted by molar-refractivity contribution is 5.89. The lowest BCUT2D eigenvalue weighted by atomic mass is 9.83. The van der Waals surface area contributed by atoms with Crippen LogP contribution in [0.5, 0.6) is 17.2 Å². The third-order valence-corrected chi connectivity index (χ3v) is 6.82. The van der Waals surface area contributed by atoms with E-state index in [0.29, 0.717) is 11.5 Å². The molecule has 0 radical (unpaired) electrons. The number of aromatic hydroxyl groups is 1. The van der Waals surface area contributed by atoms with E-state index in [4.69, 9.17) is 9.47 Å². The molecule has 1 aliphatic carbocycles. The number of hydrogen-bond donors (Lipinski definition) is 2. The summed E-state index contributed by atoms with van der Waals surface area (Å²) in [7, 11) is 7.10. The van der Waals surface area contributed by atoms with Crippen LogP contribution < -0.4 is 19.7 Å². The summed E-state index contributed by atoms with van der Waals surface area (Å²) in [4.78, 5) is 10.8. The number of nitrogens with zero attached hydrogens (tertiary/aromatic N) is 3. The highest BCUT2D eigenvalue weighted by Gasteiger charge is 2.17. The van der Waals surface area contributed by atoms with E-state index in [-0.39, 0.29) is 5.75 Å². The normalized spacial score (nSPS) is 16.5. The highest BCUT2D eigenvalue weighted by atomic mass is 16.5. The van der Waals surface area contributed by atoms with Crippen LogP contribution in [0.1, 0.15) is 57.8 Å². The van der Waals surface area contributed by atoms with Gasteiger partial charge in [-0.3, -0.25) is 0 Å². The maximum absolute atomic E-state index is 9.91. The molecule has 2 N–H and O–H groups in total. The minimum atomic E-state index is 0.0676. The van der Waals surface area contributed by atoms with Gasteiger partial charge in [0, 0.05) is 19.5 Å². The minimum absolute atomic E-state index is 0.0676. The SMILES string of the molecule is CC.COc1cc(CCNCC2CCC(C)CC2)cc(OC)c1O.Cc1nc(N(C)C)c2ccccc2n1. The molecule has 2 aromatic carbocycles. The molecule has 3 aromatic rings. The summed E-state index contributed by atoms with van der Waals surface area (Å²) in [6.45, 7) is 10.3. The molecule has 4 rings (SSSR count). The molecule has 0 saturated heterocycles. The molecule has 0 atom stereocenters. The van der Waals surface area contributed by atoms with Gasteiger partial charge in [0.05, 0.1) is 19.7 Å². The monoisotopic (exact) mass is 524 g/mol. The van der Waals surface area contributed by atoms with Gasteiger partial charge in [0.2, 0.25) is 5.75 Å². The Bertz CT molecular complexity index is 1090. The number of nitrogens with one attached hydrogen (secondary N) is 1. The Kier molecular flexibility index (Phi) is 13.1. The van der Waals surface area contributed by atoms with E-state index in [1.807, 2.05) is 76.2 Å². The van der Waals surface area contributed by atoms with Crippen LogP contribution in [-0.4, -0.2) is 56.5 Å². The number of aromatic nitrogens is 2.